The average Bonchev–Trinajstić information content (AvgIpc) is 2.32. The lowest BCUT2D eigenvalue weighted by Crippen LogP contribution is -2.33. The maximum Gasteiger partial charge on any atom is 0.325 e. The number of hydrogen-bond donors (Lipinski definition) is 1. The molecule has 18 heavy (non-hydrogen) atoms. The van der Waals surface area contributed by atoms with Gasteiger partial charge in [0.05, 0.1) is 17.1 Å². The highest BCUT2D eigenvalue weighted by Crippen LogP contribution is 2.23. The van der Waals surface area contributed by atoms with Crippen molar-refractivity contribution >= 4 is 33.5 Å². The number of halogens is 2. The lowest BCUT2D eigenvalue weighted by Gasteiger charge is -2.17. The second-order valence-electron chi connectivity index (χ2n) is 3.59. The molecule has 0 saturated carbocycles. The van der Waals surface area contributed by atoms with E-state index < -0.39 is 17.7 Å². The summed E-state index contributed by atoms with van der Waals surface area (Å²) in [4.78, 5) is 24.1. The predicted octanol–water partition coefficient (Wildman–Crippen LogP) is 1.42. The number of hydrogen-bond acceptors (Lipinski definition) is 4. The number of carbonyl (C=O) groups is 2. The molecule has 1 rings (SSSR count). The van der Waals surface area contributed by atoms with Crippen molar-refractivity contribution in [1.29, 1.82) is 0 Å². The summed E-state index contributed by atoms with van der Waals surface area (Å²) < 4.78 is 18.0. The van der Waals surface area contributed by atoms with E-state index in [4.69, 9.17) is 5.73 Å². The van der Waals surface area contributed by atoms with Gasteiger partial charge in [0.25, 0.3) is 5.91 Å². The van der Waals surface area contributed by atoms with E-state index in [0.29, 0.717) is 0 Å². The van der Waals surface area contributed by atoms with Crippen LogP contribution in [0.3, 0.4) is 0 Å². The normalized spacial score (nSPS) is 10.0. The zero-order valence-corrected chi connectivity index (χ0v) is 11.5. The van der Waals surface area contributed by atoms with Gasteiger partial charge in [-0.05, 0) is 28.1 Å². The fourth-order valence-electron chi connectivity index (χ4n) is 1.28. The Bertz CT molecular complexity index is 493. The zero-order valence-electron chi connectivity index (χ0n) is 9.87. The van der Waals surface area contributed by atoms with Crippen LogP contribution in [-0.4, -0.2) is 37.5 Å². The molecule has 1 aromatic rings. The number of amides is 1. The number of nitrogens with two attached hydrogens (primary N) is 1. The highest BCUT2D eigenvalue weighted by molar-refractivity contribution is 9.10. The molecule has 0 aliphatic carbocycles. The fourth-order valence-corrected chi connectivity index (χ4v) is 1.64. The standard InChI is InChI=1S/C11H12BrFN2O3/c1-15(5-10(16)18-2)11(17)6-3-8(13)7(12)4-9(6)14/h3-4H,5,14H2,1-2H3. The number of methoxy groups -OCH3 is 1. The van der Waals surface area contributed by atoms with Crippen LogP contribution in [0.15, 0.2) is 16.6 Å². The summed E-state index contributed by atoms with van der Waals surface area (Å²) in [6.07, 6.45) is 0. The molecule has 0 saturated heterocycles. The lowest BCUT2D eigenvalue weighted by atomic mass is 10.1. The van der Waals surface area contributed by atoms with E-state index in [0.717, 1.165) is 11.0 Å². The number of benzene rings is 1. The summed E-state index contributed by atoms with van der Waals surface area (Å²) in [6, 6.07) is 2.32. The van der Waals surface area contributed by atoms with Crippen LogP contribution >= 0.6 is 15.9 Å². The van der Waals surface area contributed by atoms with Crippen molar-refractivity contribution in [3.05, 3.63) is 28.0 Å². The Balaban J connectivity index is 2.97. The molecule has 2 N–H and O–H groups in total. The quantitative estimate of drug-likeness (QED) is 0.675. The molecule has 5 nitrogen and oxygen atoms in total. The van der Waals surface area contributed by atoms with Gasteiger partial charge in [-0.25, -0.2) is 4.39 Å². The van der Waals surface area contributed by atoms with Gasteiger partial charge in [0, 0.05) is 12.7 Å². The monoisotopic (exact) mass is 318 g/mol. The van der Waals surface area contributed by atoms with E-state index in [1.807, 2.05) is 0 Å². The van der Waals surface area contributed by atoms with E-state index in [-0.39, 0.29) is 22.3 Å². The lowest BCUT2D eigenvalue weighted by molar-refractivity contribution is -0.141. The largest absolute Gasteiger partial charge is 0.468 e. The molecule has 0 aromatic heterocycles. The van der Waals surface area contributed by atoms with Crippen LogP contribution in [0.1, 0.15) is 10.4 Å². The second-order valence-corrected chi connectivity index (χ2v) is 4.45. The van der Waals surface area contributed by atoms with Gasteiger partial charge < -0.3 is 15.4 Å². The van der Waals surface area contributed by atoms with Crippen LogP contribution in [-0.2, 0) is 9.53 Å². The van der Waals surface area contributed by atoms with Gasteiger partial charge in [0.1, 0.15) is 12.4 Å². The third-order valence-corrected chi connectivity index (χ3v) is 2.87. The Morgan fingerprint density at radius 1 is 1.50 bits per heavy atom. The molecule has 0 aliphatic rings. The minimum atomic E-state index is -0.598. The molecule has 7 heteroatoms. The van der Waals surface area contributed by atoms with Gasteiger partial charge >= 0.3 is 5.97 Å². The van der Waals surface area contributed by atoms with E-state index in [2.05, 4.69) is 20.7 Å². The molecule has 0 unspecified atom stereocenters. The Hall–Kier alpha value is -1.63. The summed E-state index contributed by atoms with van der Waals surface area (Å²) in [5.41, 5.74) is 5.76. The van der Waals surface area contributed by atoms with Gasteiger partial charge in [-0.2, -0.15) is 0 Å². The van der Waals surface area contributed by atoms with E-state index >= 15 is 0 Å². The molecule has 0 radical (unpaired) electrons. The number of likely N-dealkylation sites (N-methyl/N-ethyl adjacent to an activating group) is 1. The topological polar surface area (TPSA) is 72.6 Å². The van der Waals surface area contributed by atoms with E-state index in [1.165, 1.54) is 20.2 Å². The van der Waals surface area contributed by atoms with Crippen molar-refractivity contribution in [2.75, 3.05) is 26.4 Å². The minimum Gasteiger partial charge on any atom is -0.468 e. The van der Waals surface area contributed by atoms with Crippen LogP contribution in [0.5, 0.6) is 0 Å². The number of nitrogen functional groups attached to an aromatic ring is 1. The van der Waals surface area contributed by atoms with E-state index in [1.54, 1.807) is 0 Å². The molecular formula is C11H12BrFN2O3. The van der Waals surface area contributed by atoms with Gasteiger partial charge in [0.15, 0.2) is 0 Å². The number of anilines is 1. The van der Waals surface area contributed by atoms with Crippen molar-refractivity contribution in [1.82, 2.24) is 4.90 Å². The zero-order chi connectivity index (χ0) is 13.9. The summed E-state index contributed by atoms with van der Waals surface area (Å²) >= 11 is 2.96. The number of esters is 1. The Kier molecular flexibility index (Phi) is 4.66. The molecule has 0 aliphatic heterocycles. The number of rotatable bonds is 3. The molecule has 0 bridgehead atoms. The van der Waals surface area contributed by atoms with Crippen LogP contribution in [0.2, 0.25) is 0 Å². The van der Waals surface area contributed by atoms with Crippen LogP contribution in [0, 0.1) is 5.82 Å². The van der Waals surface area contributed by atoms with Crippen molar-refractivity contribution in [2.24, 2.45) is 0 Å². The third kappa shape index (κ3) is 3.19. The molecule has 98 valence electrons. The second kappa shape index (κ2) is 5.81. The third-order valence-electron chi connectivity index (χ3n) is 2.26. The first kappa shape index (κ1) is 14.4. The number of carbonyl (C=O) groups excluding carboxylic acids is 2. The fraction of sp³-hybridized carbons (Fsp3) is 0.273. The smallest absolute Gasteiger partial charge is 0.325 e. The summed E-state index contributed by atoms with van der Waals surface area (Å²) in [5.74, 6) is -1.72. The van der Waals surface area contributed by atoms with Crippen molar-refractivity contribution < 1.29 is 18.7 Å². The maximum atomic E-state index is 13.3. The Morgan fingerprint density at radius 2 is 2.11 bits per heavy atom. The molecule has 0 heterocycles. The van der Waals surface area contributed by atoms with Crippen molar-refractivity contribution in [3.63, 3.8) is 0 Å². The van der Waals surface area contributed by atoms with Crippen molar-refractivity contribution in [2.45, 2.75) is 0 Å². The Labute approximate surface area is 112 Å². The van der Waals surface area contributed by atoms with Crippen LogP contribution < -0.4 is 5.73 Å². The highest BCUT2D eigenvalue weighted by Gasteiger charge is 2.19. The van der Waals surface area contributed by atoms with Crippen LogP contribution in [0.4, 0.5) is 10.1 Å². The predicted molar refractivity (Wildman–Crippen MR) is 67.5 cm³/mol. The first-order valence-corrected chi connectivity index (χ1v) is 5.73. The first-order chi connectivity index (χ1) is 8.36. The summed E-state index contributed by atoms with van der Waals surface area (Å²) in [6.45, 7) is -0.230. The molecule has 0 atom stereocenters. The highest BCUT2D eigenvalue weighted by atomic mass is 79.9. The first-order valence-electron chi connectivity index (χ1n) is 4.93. The Morgan fingerprint density at radius 3 is 2.67 bits per heavy atom. The number of nitrogens with zero attached hydrogens (tertiary/aromatic N) is 1. The molecule has 0 fully saturated rings. The number of ether oxygens (including phenoxy) is 1. The maximum absolute atomic E-state index is 13.3. The minimum absolute atomic E-state index is 0.00195. The van der Waals surface area contributed by atoms with Gasteiger partial charge in [0.2, 0.25) is 0 Å². The molecule has 0 spiro atoms. The molecule has 1 aromatic carbocycles. The summed E-state index contributed by atoms with van der Waals surface area (Å²) in [5, 5.41) is 0. The van der Waals surface area contributed by atoms with Crippen molar-refractivity contribution in [3.8, 4) is 0 Å². The van der Waals surface area contributed by atoms with Crippen LogP contribution in [0.25, 0.3) is 0 Å². The molecule has 1 amide bonds. The van der Waals surface area contributed by atoms with Gasteiger partial charge in [-0.1, -0.05) is 0 Å². The van der Waals surface area contributed by atoms with E-state index in [9.17, 15) is 14.0 Å². The molecular weight excluding hydrogens is 307 g/mol. The average molecular weight is 319 g/mol. The summed E-state index contributed by atoms with van der Waals surface area (Å²) in [7, 11) is 2.62. The van der Waals surface area contributed by atoms with Gasteiger partial charge in [-0.3, -0.25) is 9.59 Å². The SMILES string of the molecule is COC(=O)CN(C)C(=O)c1cc(F)c(Br)cc1N. The van der Waals surface area contributed by atoms with Gasteiger partial charge in [-0.15, -0.1) is 0 Å².